The van der Waals surface area contributed by atoms with Crippen molar-refractivity contribution in [3.63, 3.8) is 0 Å². The van der Waals surface area contributed by atoms with Gasteiger partial charge in [-0.05, 0) is 23.6 Å². The molecule has 1 aromatic carbocycles. The summed E-state index contributed by atoms with van der Waals surface area (Å²) in [5.41, 5.74) is 1.78. The Morgan fingerprint density at radius 2 is 2.15 bits per heavy atom. The second-order valence-electron chi connectivity index (χ2n) is 6.52. The molecule has 2 aromatic rings. The monoisotopic (exact) mass is 403 g/mol. The van der Waals surface area contributed by atoms with Crippen molar-refractivity contribution in [2.24, 2.45) is 13.0 Å². The number of carbonyl (C=O) groups is 2. The molecule has 2 heterocycles. The molecule has 27 heavy (non-hydrogen) atoms. The number of hydrogen-bond acceptors (Lipinski definition) is 4. The number of benzene rings is 1. The van der Waals surface area contributed by atoms with Crippen LogP contribution < -0.4 is 0 Å². The first kappa shape index (κ1) is 19.5. The number of alkyl halides is 3. The van der Waals surface area contributed by atoms with Gasteiger partial charge in [0.1, 0.15) is 6.54 Å². The van der Waals surface area contributed by atoms with E-state index in [4.69, 9.17) is 11.6 Å². The van der Waals surface area contributed by atoms with Crippen molar-refractivity contribution >= 4 is 34.4 Å². The Hall–Kier alpha value is -2.29. The number of esters is 1. The van der Waals surface area contributed by atoms with E-state index in [-0.39, 0.29) is 19.4 Å². The molecule has 1 aliphatic heterocycles. The second kappa shape index (κ2) is 7.03. The highest BCUT2D eigenvalue weighted by Gasteiger charge is 2.39. The maximum Gasteiger partial charge on any atom is 0.406 e. The predicted octanol–water partition coefficient (Wildman–Crippen LogP) is 2.85. The summed E-state index contributed by atoms with van der Waals surface area (Å²) < 4.78 is 45.2. The van der Waals surface area contributed by atoms with E-state index in [0.29, 0.717) is 27.1 Å². The van der Waals surface area contributed by atoms with Gasteiger partial charge in [0.25, 0.3) is 0 Å². The molecule has 0 fully saturated rings. The molecule has 1 unspecified atom stereocenters. The van der Waals surface area contributed by atoms with Crippen LogP contribution in [0.2, 0.25) is 5.02 Å². The highest BCUT2D eigenvalue weighted by Crippen LogP contribution is 2.35. The summed E-state index contributed by atoms with van der Waals surface area (Å²) in [7, 11) is 2.84. The topological polar surface area (TPSA) is 64.4 Å². The Balaban J connectivity index is 2.12. The highest BCUT2D eigenvalue weighted by atomic mass is 35.5. The quantitative estimate of drug-likeness (QED) is 0.739. The van der Waals surface area contributed by atoms with Gasteiger partial charge >= 0.3 is 12.1 Å². The minimum Gasteiger partial charge on any atom is -0.469 e. The smallest absolute Gasteiger partial charge is 0.406 e. The molecule has 0 radical (unpaired) electrons. The van der Waals surface area contributed by atoms with Crippen LogP contribution in [-0.4, -0.2) is 46.4 Å². The van der Waals surface area contributed by atoms with Crippen LogP contribution in [0.3, 0.4) is 0 Å². The number of hydrogen-bond donors (Lipinski definition) is 0. The Labute approximate surface area is 157 Å². The van der Waals surface area contributed by atoms with Crippen LogP contribution in [0.4, 0.5) is 13.2 Å². The van der Waals surface area contributed by atoms with Crippen LogP contribution in [0.1, 0.15) is 17.5 Å². The van der Waals surface area contributed by atoms with Gasteiger partial charge in [-0.2, -0.15) is 18.3 Å². The number of aryl methyl sites for hydroxylation is 1. The van der Waals surface area contributed by atoms with Crippen LogP contribution in [-0.2, 0) is 34.3 Å². The Morgan fingerprint density at radius 1 is 1.44 bits per heavy atom. The molecule has 1 aliphatic rings. The van der Waals surface area contributed by atoms with Crippen molar-refractivity contribution in [2.45, 2.75) is 25.6 Å². The average Bonchev–Trinajstić information content (AvgIpc) is 2.91. The van der Waals surface area contributed by atoms with E-state index < -0.39 is 30.5 Å². The molecule has 3 rings (SSSR count). The van der Waals surface area contributed by atoms with Gasteiger partial charge in [0.05, 0.1) is 36.2 Å². The van der Waals surface area contributed by atoms with E-state index in [2.05, 4.69) is 9.84 Å². The van der Waals surface area contributed by atoms with Gasteiger partial charge in [0, 0.05) is 19.0 Å². The zero-order chi connectivity index (χ0) is 19.9. The van der Waals surface area contributed by atoms with Gasteiger partial charge in [-0.1, -0.05) is 11.6 Å². The molecule has 0 bridgehead atoms. The maximum absolute atomic E-state index is 13.0. The summed E-state index contributed by atoms with van der Waals surface area (Å²) in [6.45, 7) is -1.63. The van der Waals surface area contributed by atoms with E-state index in [0.717, 1.165) is 4.90 Å². The number of halogens is 4. The van der Waals surface area contributed by atoms with Crippen LogP contribution in [0.25, 0.3) is 10.9 Å². The summed E-state index contributed by atoms with van der Waals surface area (Å²) in [4.78, 5) is 25.1. The number of fused-ring (bicyclic) bond motifs is 3. The fourth-order valence-electron chi connectivity index (χ4n) is 3.47. The normalized spacial score (nSPS) is 17.8. The summed E-state index contributed by atoms with van der Waals surface area (Å²) >= 11 is 6.32. The Kier molecular flexibility index (Phi) is 5.07. The maximum atomic E-state index is 13.0. The zero-order valence-corrected chi connectivity index (χ0v) is 15.4. The lowest BCUT2D eigenvalue weighted by atomic mass is 9.93. The molecule has 6 nitrogen and oxygen atoms in total. The number of ether oxygens (including phenoxy) is 1. The van der Waals surface area contributed by atoms with E-state index >= 15 is 0 Å². The molecule has 1 atom stereocenters. The number of nitrogens with zero attached hydrogens (tertiary/aromatic N) is 3. The third-order valence-corrected chi connectivity index (χ3v) is 4.95. The van der Waals surface area contributed by atoms with Crippen molar-refractivity contribution in [2.75, 3.05) is 13.7 Å². The van der Waals surface area contributed by atoms with Gasteiger partial charge in [-0.15, -0.1) is 0 Å². The van der Waals surface area contributed by atoms with Gasteiger partial charge in [0.15, 0.2) is 0 Å². The van der Waals surface area contributed by atoms with Crippen molar-refractivity contribution in [3.05, 3.63) is 28.4 Å². The predicted molar refractivity (Wildman–Crippen MR) is 91.0 cm³/mol. The molecule has 1 aromatic heterocycles. The minimum absolute atomic E-state index is 0.0994. The molecule has 0 saturated heterocycles. The standard InChI is InChI=1S/C17H17ClF3N3O3/c1-23-15-11(6-22-23)12-7-24(8-17(19,20)21)16(26)10(5-14(25)27-2)3-9(12)4-13(15)18/h4,6,10H,3,5,7-8H2,1-2H3. The first-order valence-electron chi connectivity index (χ1n) is 8.15. The Bertz CT molecular complexity index is 910. The van der Waals surface area contributed by atoms with E-state index in [9.17, 15) is 22.8 Å². The van der Waals surface area contributed by atoms with Crippen LogP contribution >= 0.6 is 11.6 Å². The molecule has 0 spiro atoms. The first-order chi connectivity index (χ1) is 12.6. The summed E-state index contributed by atoms with van der Waals surface area (Å²) in [5, 5.41) is 5.11. The van der Waals surface area contributed by atoms with Gasteiger partial charge < -0.3 is 9.64 Å². The molecule has 10 heteroatoms. The largest absolute Gasteiger partial charge is 0.469 e. The number of methoxy groups -OCH3 is 1. The SMILES string of the molecule is COC(=O)CC1Cc2cc(Cl)c3c(cnn3C)c2CN(CC(F)(F)F)C1=O. The molecule has 0 saturated carbocycles. The van der Waals surface area contributed by atoms with E-state index in [1.165, 1.54) is 18.0 Å². The van der Waals surface area contributed by atoms with Crippen LogP contribution in [0.15, 0.2) is 12.3 Å². The molecular weight excluding hydrogens is 387 g/mol. The third-order valence-electron chi connectivity index (χ3n) is 4.67. The average molecular weight is 404 g/mol. The second-order valence-corrected chi connectivity index (χ2v) is 6.92. The minimum atomic E-state index is -4.56. The van der Waals surface area contributed by atoms with Crippen LogP contribution in [0, 0.1) is 5.92 Å². The zero-order valence-electron chi connectivity index (χ0n) is 14.6. The molecule has 146 valence electrons. The van der Waals surface area contributed by atoms with Crippen molar-refractivity contribution < 1.29 is 27.5 Å². The van der Waals surface area contributed by atoms with Crippen molar-refractivity contribution in [3.8, 4) is 0 Å². The lowest BCUT2D eigenvalue weighted by Gasteiger charge is -2.25. The molecule has 0 N–H and O–H groups in total. The number of aromatic nitrogens is 2. The fourth-order valence-corrected chi connectivity index (χ4v) is 3.82. The van der Waals surface area contributed by atoms with Crippen LogP contribution in [0.5, 0.6) is 0 Å². The fraction of sp³-hybridized carbons (Fsp3) is 0.471. The van der Waals surface area contributed by atoms with Crippen molar-refractivity contribution in [1.29, 1.82) is 0 Å². The lowest BCUT2D eigenvalue weighted by molar-refractivity contribution is -0.165. The van der Waals surface area contributed by atoms with Crippen molar-refractivity contribution in [1.82, 2.24) is 14.7 Å². The van der Waals surface area contributed by atoms with Gasteiger partial charge in [-0.25, -0.2) is 0 Å². The van der Waals surface area contributed by atoms with Gasteiger partial charge in [-0.3, -0.25) is 14.3 Å². The summed E-state index contributed by atoms with van der Waals surface area (Å²) in [6.07, 6.45) is -3.23. The van der Waals surface area contributed by atoms with Gasteiger partial charge in [0.2, 0.25) is 5.91 Å². The van der Waals surface area contributed by atoms with E-state index in [1.54, 1.807) is 13.1 Å². The highest BCUT2D eigenvalue weighted by molar-refractivity contribution is 6.35. The first-order valence-corrected chi connectivity index (χ1v) is 8.53. The number of rotatable bonds is 3. The Morgan fingerprint density at radius 3 is 2.78 bits per heavy atom. The molecule has 0 aliphatic carbocycles. The van der Waals surface area contributed by atoms with E-state index in [1.807, 2.05) is 0 Å². The molecular formula is C17H17ClF3N3O3. The summed E-state index contributed by atoms with van der Waals surface area (Å²) in [6, 6.07) is 1.63. The number of carbonyl (C=O) groups excluding carboxylic acids is 2. The number of amides is 1. The summed E-state index contributed by atoms with van der Waals surface area (Å²) in [5.74, 6) is -2.34. The lowest BCUT2D eigenvalue weighted by Crippen LogP contribution is -2.41. The third kappa shape index (κ3) is 3.87. The molecule has 1 amide bonds.